The van der Waals surface area contributed by atoms with Gasteiger partial charge in [0.25, 0.3) is 5.91 Å². The third-order valence-electron chi connectivity index (χ3n) is 3.08. The van der Waals surface area contributed by atoms with Crippen molar-refractivity contribution in [3.05, 3.63) is 63.6 Å². The first-order valence-corrected chi connectivity index (χ1v) is 7.12. The summed E-state index contributed by atoms with van der Waals surface area (Å²) in [5.74, 6) is -0.157. The molecule has 104 valence electrons. The van der Waals surface area contributed by atoms with Crippen molar-refractivity contribution in [1.29, 1.82) is 0 Å². The Balaban J connectivity index is 2.12. The molecule has 0 heterocycles. The summed E-state index contributed by atoms with van der Waals surface area (Å²) in [5, 5.41) is 12.3. The van der Waals surface area contributed by atoms with Crippen LogP contribution in [0.1, 0.15) is 34.5 Å². The number of aryl methyl sites for hydroxylation is 1. The lowest BCUT2D eigenvalue weighted by Gasteiger charge is -2.09. The summed E-state index contributed by atoms with van der Waals surface area (Å²) in [6, 6.07) is 12.6. The second-order valence-electron chi connectivity index (χ2n) is 4.72. The number of carbonyl (C=O) groups excluding carboxylic acids is 1. The molecule has 0 aliphatic carbocycles. The lowest BCUT2D eigenvalue weighted by Crippen LogP contribution is -2.12. The maximum Gasteiger partial charge on any atom is 0.255 e. The van der Waals surface area contributed by atoms with Gasteiger partial charge in [-0.25, -0.2) is 0 Å². The minimum Gasteiger partial charge on any atom is -0.389 e. The molecule has 0 aliphatic heterocycles. The molecule has 0 radical (unpaired) electrons. The van der Waals surface area contributed by atoms with Crippen LogP contribution >= 0.6 is 15.9 Å². The SMILES string of the molecule is Cc1ccc(C(=O)Nc2ccc([C@H](C)O)cc2)cc1Br. The largest absolute Gasteiger partial charge is 0.389 e. The molecule has 0 saturated heterocycles. The van der Waals surface area contributed by atoms with Crippen LogP contribution in [0.15, 0.2) is 46.9 Å². The quantitative estimate of drug-likeness (QED) is 0.889. The van der Waals surface area contributed by atoms with Crippen LogP contribution in [0.2, 0.25) is 0 Å². The zero-order valence-corrected chi connectivity index (χ0v) is 12.9. The molecule has 0 bridgehead atoms. The number of benzene rings is 2. The van der Waals surface area contributed by atoms with E-state index in [4.69, 9.17) is 0 Å². The predicted molar refractivity (Wildman–Crippen MR) is 83.9 cm³/mol. The van der Waals surface area contributed by atoms with Crippen molar-refractivity contribution in [2.75, 3.05) is 5.32 Å². The fraction of sp³-hybridized carbons (Fsp3) is 0.188. The smallest absolute Gasteiger partial charge is 0.255 e. The van der Waals surface area contributed by atoms with Crippen LogP contribution in [0, 0.1) is 6.92 Å². The minimum atomic E-state index is -0.507. The number of halogens is 1. The van der Waals surface area contributed by atoms with E-state index in [9.17, 15) is 9.90 Å². The molecule has 0 fully saturated rings. The Hall–Kier alpha value is -1.65. The molecule has 2 N–H and O–H groups in total. The van der Waals surface area contributed by atoms with Crippen LogP contribution in [-0.4, -0.2) is 11.0 Å². The van der Waals surface area contributed by atoms with Gasteiger partial charge in [-0.15, -0.1) is 0 Å². The minimum absolute atomic E-state index is 0.157. The third kappa shape index (κ3) is 3.46. The van der Waals surface area contributed by atoms with E-state index in [0.29, 0.717) is 11.3 Å². The number of amides is 1. The Bertz CT molecular complexity index is 621. The second kappa shape index (κ2) is 6.20. The number of anilines is 1. The molecule has 1 amide bonds. The van der Waals surface area contributed by atoms with Gasteiger partial charge < -0.3 is 10.4 Å². The maximum absolute atomic E-state index is 12.1. The predicted octanol–water partition coefficient (Wildman–Crippen LogP) is 4.06. The monoisotopic (exact) mass is 333 g/mol. The van der Waals surface area contributed by atoms with Crippen molar-refractivity contribution in [1.82, 2.24) is 0 Å². The zero-order chi connectivity index (χ0) is 14.7. The fourth-order valence-electron chi connectivity index (χ4n) is 1.78. The van der Waals surface area contributed by atoms with E-state index < -0.39 is 6.10 Å². The van der Waals surface area contributed by atoms with Gasteiger partial charge in [0.2, 0.25) is 0 Å². The number of hydrogen-bond donors (Lipinski definition) is 2. The summed E-state index contributed by atoms with van der Waals surface area (Å²) in [4.78, 5) is 12.1. The topological polar surface area (TPSA) is 49.3 Å². The summed E-state index contributed by atoms with van der Waals surface area (Å²) in [6.45, 7) is 3.68. The van der Waals surface area contributed by atoms with Crippen molar-refractivity contribution < 1.29 is 9.90 Å². The standard InChI is InChI=1S/C16H16BrNO2/c1-10-3-4-13(9-15(10)17)16(20)18-14-7-5-12(6-8-14)11(2)19/h3-9,11,19H,1-2H3,(H,18,20)/t11-/m0/s1. The zero-order valence-electron chi connectivity index (χ0n) is 11.4. The molecule has 0 unspecified atom stereocenters. The molecule has 4 heteroatoms. The number of aliphatic hydroxyl groups is 1. The van der Waals surface area contributed by atoms with E-state index in [1.54, 1.807) is 43.3 Å². The second-order valence-corrected chi connectivity index (χ2v) is 5.57. The summed E-state index contributed by atoms with van der Waals surface area (Å²) in [7, 11) is 0. The molecule has 0 aliphatic rings. The van der Waals surface area contributed by atoms with Gasteiger partial charge in [0, 0.05) is 15.7 Å². The van der Waals surface area contributed by atoms with Gasteiger partial charge in [0.15, 0.2) is 0 Å². The average Bonchev–Trinajstić information content (AvgIpc) is 2.42. The number of nitrogens with one attached hydrogen (secondary N) is 1. The van der Waals surface area contributed by atoms with Gasteiger partial charge in [0.05, 0.1) is 6.10 Å². The summed E-state index contributed by atoms with van der Waals surface area (Å²) in [6.07, 6.45) is -0.507. The Labute approximate surface area is 126 Å². The number of aliphatic hydroxyl groups excluding tert-OH is 1. The lowest BCUT2D eigenvalue weighted by atomic mass is 10.1. The van der Waals surface area contributed by atoms with Crippen molar-refractivity contribution in [2.45, 2.75) is 20.0 Å². The van der Waals surface area contributed by atoms with E-state index in [0.717, 1.165) is 15.6 Å². The highest BCUT2D eigenvalue weighted by molar-refractivity contribution is 9.10. The molecule has 0 saturated carbocycles. The molecule has 3 nitrogen and oxygen atoms in total. The molecule has 2 aromatic rings. The van der Waals surface area contributed by atoms with Gasteiger partial charge in [-0.05, 0) is 49.2 Å². The number of carbonyl (C=O) groups is 1. The van der Waals surface area contributed by atoms with Gasteiger partial charge in [-0.1, -0.05) is 34.1 Å². The van der Waals surface area contributed by atoms with E-state index in [1.807, 2.05) is 13.0 Å². The van der Waals surface area contributed by atoms with Crippen LogP contribution in [0.3, 0.4) is 0 Å². The molecule has 2 aromatic carbocycles. The lowest BCUT2D eigenvalue weighted by molar-refractivity contribution is 0.102. The molecule has 2 rings (SSSR count). The highest BCUT2D eigenvalue weighted by Gasteiger charge is 2.08. The van der Waals surface area contributed by atoms with Crippen LogP contribution in [0.25, 0.3) is 0 Å². The first kappa shape index (κ1) is 14.8. The third-order valence-corrected chi connectivity index (χ3v) is 3.94. The molecule has 0 aromatic heterocycles. The van der Waals surface area contributed by atoms with Crippen molar-refractivity contribution in [3.8, 4) is 0 Å². The normalized spacial score (nSPS) is 12.0. The highest BCUT2D eigenvalue weighted by Crippen LogP contribution is 2.19. The van der Waals surface area contributed by atoms with E-state index in [1.165, 1.54) is 0 Å². The van der Waals surface area contributed by atoms with Crippen molar-refractivity contribution in [2.24, 2.45) is 0 Å². The molecule has 1 atom stereocenters. The maximum atomic E-state index is 12.1. The van der Waals surface area contributed by atoms with Crippen molar-refractivity contribution in [3.63, 3.8) is 0 Å². The fourth-order valence-corrected chi connectivity index (χ4v) is 2.16. The molecular weight excluding hydrogens is 318 g/mol. The first-order valence-electron chi connectivity index (χ1n) is 6.33. The number of rotatable bonds is 3. The summed E-state index contributed by atoms with van der Waals surface area (Å²) < 4.78 is 0.912. The van der Waals surface area contributed by atoms with Crippen LogP contribution in [0.5, 0.6) is 0 Å². The van der Waals surface area contributed by atoms with Gasteiger partial charge in [0.1, 0.15) is 0 Å². The van der Waals surface area contributed by atoms with Gasteiger partial charge in [-0.3, -0.25) is 4.79 Å². The summed E-state index contributed by atoms with van der Waals surface area (Å²) in [5.41, 5.74) is 3.21. The Morgan fingerprint density at radius 3 is 2.40 bits per heavy atom. The Kier molecular flexibility index (Phi) is 4.57. The van der Waals surface area contributed by atoms with Gasteiger partial charge in [-0.2, -0.15) is 0 Å². The average molecular weight is 334 g/mol. The van der Waals surface area contributed by atoms with Crippen LogP contribution < -0.4 is 5.32 Å². The van der Waals surface area contributed by atoms with E-state index >= 15 is 0 Å². The summed E-state index contributed by atoms with van der Waals surface area (Å²) >= 11 is 3.42. The van der Waals surface area contributed by atoms with E-state index in [-0.39, 0.29) is 5.91 Å². The van der Waals surface area contributed by atoms with Gasteiger partial charge >= 0.3 is 0 Å². The highest BCUT2D eigenvalue weighted by atomic mass is 79.9. The number of hydrogen-bond acceptors (Lipinski definition) is 2. The molecule has 20 heavy (non-hydrogen) atoms. The molecular formula is C16H16BrNO2. The van der Waals surface area contributed by atoms with Crippen LogP contribution in [0.4, 0.5) is 5.69 Å². The van der Waals surface area contributed by atoms with E-state index in [2.05, 4.69) is 21.2 Å². The Morgan fingerprint density at radius 2 is 1.85 bits per heavy atom. The van der Waals surface area contributed by atoms with Crippen molar-refractivity contribution >= 4 is 27.5 Å². The molecule has 0 spiro atoms. The van der Waals surface area contributed by atoms with Crippen LogP contribution in [-0.2, 0) is 0 Å². The Morgan fingerprint density at radius 1 is 1.20 bits per heavy atom. The first-order chi connectivity index (χ1) is 9.47.